The van der Waals surface area contributed by atoms with Crippen LogP contribution in [-0.2, 0) is 0 Å². The molecule has 2 fully saturated rings. The smallest absolute Gasteiger partial charge is 0.0241 e. The van der Waals surface area contributed by atoms with E-state index in [1.807, 2.05) is 0 Å². The Hall–Kier alpha value is -0.0800. The number of hydrogen-bond acceptors (Lipinski definition) is 2. The van der Waals surface area contributed by atoms with Crippen LogP contribution in [0.2, 0.25) is 0 Å². The Labute approximate surface area is 69.2 Å². The van der Waals surface area contributed by atoms with Crippen molar-refractivity contribution in [3.05, 3.63) is 0 Å². The van der Waals surface area contributed by atoms with Crippen molar-refractivity contribution >= 4 is 0 Å². The first-order valence-electron chi connectivity index (χ1n) is 4.64. The summed E-state index contributed by atoms with van der Waals surface area (Å²) in [5, 5.41) is 0. The fraction of sp³-hybridized carbons (Fsp3) is 1.00. The summed E-state index contributed by atoms with van der Waals surface area (Å²) in [4.78, 5) is 5.15. The number of rotatable bonds is 1. The number of hydrogen-bond donors (Lipinski definition) is 0. The van der Waals surface area contributed by atoms with E-state index in [2.05, 4.69) is 30.7 Å². The van der Waals surface area contributed by atoms with E-state index < -0.39 is 0 Å². The van der Waals surface area contributed by atoms with Crippen molar-refractivity contribution in [1.29, 1.82) is 0 Å². The van der Waals surface area contributed by atoms with Crippen LogP contribution in [0.3, 0.4) is 0 Å². The van der Waals surface area contributed by atoms with Gasteiger partial charge in [0.05, 0.1) is 0 Å². The quantitative estimate of drug-likeness (QED) is 0.551. The van der Waals surface area contributed by atoms with Crippen molar-refractivity contribution in [3.8, 4) is 0 Å². The maximum Gasteiger partial charge on any atom is 0.0241 e. The summed E-state index contributed by atoms with van der Waals surface area (Å²) in [5.41, 5.74) is 0. The van der Waals surface area contributed by atoms with E-state index in [0.29, 0.717) is 0 Å². The summed E-state index contributed by atoms with van der Waals surface area (Å²) in [5.74, 6) is 0. The van der Waals surface area contributed by atoms with E-state index in [4.69, 9.17) is 0 Å². The molecule has 2 rings (SSSR count). The molecule has 0 aromatic carbocycles. The lowest BCUT2D eigenvalue weighted by molar-refractivity contribution is 0.121. The third-order valence-electron chi connectivity index (χ3n) is 3.22. The molecule has 2 aliphatic rings. The van der Waals surface area contributed by atoms with Gasteiger partial charge in [-0.3, -0.25) is 4.90 Å². The van der Waals surface area contributed by atoms with E-state index in [0.717, 1.165) is 18.1 Å². The van der Waals surface area contributed by atoms with E-state index in [9.17, 15) is 0 Å². The molecule has 0 aromatic rings. The molecule has 2 nitrogen and oxygen atoms in total. The second kappa shape index (κ2) is 2.46. The highest BCUT2D eigenvalue weighted by Gasteiger charge is 2.41. The molecule has 0 aliphatic carbocycles. The van der Waals surface area contributed by atoms with Gasteiger partial charge in [-0.1, -0.05) is 0 Å². The van der Waals surface area contributed by atoms with Crippen LogP contribution in [0, 0.1) is 0 Å². The highest BCUT2D eigenvalue weighted by molar-refractivity contribution is 4.99. The van der Waals surface area contributed by atoms with Crippen LogP contribution in [0.25, 0.3) is 0 Å². The first kappa shape index (κ1) is 7.56. The molecule has 2 bridgehead atoms. The highest BCUT2D eigenvalue weighted by atomic mass is 15.3. The minimum absolute atomic E-state index is 0.749. The highest BCUT2D eigenvalue weighted by Crippen LogP contribution is 2.30. The topological polar surface area (TPSA) is 6.48 Å². The molecule has 2 heteroatoms. The van der Waals surface area contributed by atoms with E-state index in [1.54, 1.807) is 0 Å². The van der Waals surface area contributed by atoms with Gasteiger partial charge in [-0.05, 0) is 27.3 Å². The van der Waals surface area contributed by atoms with E-state index >= 15 is 0 Å². The van der Waals surface area contributed by atoms with E-state index in [-0.39, 0.29) is 0 Å². The van der Waals surface area contributed by atoms with Crippen molar-refractivity contribution in [1.82, 2.24) is 9.80 Å². The molecule has 64 valence electrons. The SMILES string of the molecule is CC(C)N1C[C@@H]2C[C@@H]1CN2C. The van der Waals surface area contributed by atoms with Crippen LogP contribution < -0.4 is 0 Å². The van der Waals surface area contributed by atoms with Crippen LogP contribution in [0.15, 0.2) is 0 Å². The Morgan fingerprint density at radius 2 is 1.91 bits per heavy atom. The van der Waals surface area contributed by atoms with Gasteiger partial charge in [0, 0.05) is 31.2 Å². The Morgan fingerprint density at radius 1 is 1.18 bits per heavy atom. The van der Waals surface area contributed by atoms with Crippen LogP contribution in [-0.4, -0.2) is 48.1 Å². The largest absolute Gasteiger partial charge is 0.301 e. The lowest BCUT2D eigenvalue weighted by Gasteiger charge is -2.34. The third-order valence-corrected chi connectivity index (χ3v) is 3.22. The maximum absolute atomic E-state index is 2.64. The monoisotopic (exact) mass is 154 g/mol. The van der Waals surface area contributed by atoms with E-state index in [1.165, 1.54) is 19.5 Å². The molecule has 2 saturated heterocycles. The second-order valence-electron chi connectivity index (χ2n) is 4.27. The van der Waals surface area contributed by atoms with Gasteiger partial charge in [0.1, 0.15) is 0 Å². The molecule has 0 spiro atoms. The predicted octanol–water partition coefficient (Wildman–Crippen LogP) is 0.783. The maximum atomic E-state index is 2.64. The average Bonchev–Trinajstić information content (AvgIpc) is 2.43. The van der Waals surface area contributed by atoms with Gasteiger partial charge in [-0.15, -0.1) is 0 Å². The minimum atomic E-state index is 0.749. The fourth-order valence-corrected chi connectivity index (χ4v) is 2.53. The lowest BCUT2D eigenvalue weighted by Crippen LogP contribution is -2.47. The van der Waals surface area contributed by atoms with Crippen molar-refractivity contribution in [3.63, 3.8) is 0 Å². The second-order valence-corrected chi connectivity index (χ2v) is 4.27. The summed E-state index contributed by atoms with van der Waals surface area (Å²) >= 11 is 0. The fourth-order valence-electron chi connectivity index (χ4n) is 2.53. The van der Waals surface area contributed by atoms with Crippen LogP contribution in [0.5, 0.6) is 0 Å². The Bertz CT molecular complexity index is 154. The Balaban J connectivity index is 2.02. The molecule has 0 amide bonds. The molecule has 0 unspecified atom stereocenters. The van der Waals surface area contributed by atoms with Gasteiger partial charge in [-0.25, -0.2) is 0 Å². The van der Waals surface area contributed by atoms with Crippen LogP contribution >= 0.6 is 0 Å². The van der Waals surface area contributed by atoms with Gasteiger partial charge in [0.25, 0.3) is 0 Å². The summed E-state index contributed by atoms with van der Waals surface area (Å²) in [6.07, 6.45) is 1.41. The molecule has 0 N–H and O–H groups in total. The Morgan fingerprint density at radius 3 is 2.27 bits per heavy atom. The van der Waals surface area contributed by atoms with Crippen LogP contribution in [0.1, 0.15) is 20.3 Å². The normalized spacial score (nSPS) is 39.3. The molecule has 2 atom stereocenters. The zero-order chi connectivity index (χ0) is 8.01. The molecule has 0 aromatic heterocycles. The standard InChI is InChI=1S/C9H18N2/c1-7(2)11-6-8-4-9(11)5-10(8)3/h7-9H,4-6H2,1-3H3/t8-,9+/m0/s1. The molecule has 0 radical (unpaired) electrons. The predicted molar refractivity (Wildman–Crippen MR) is 46.7 cm³/mol. The molecule has 0 saturated carbocycles. The molecular formula is C9H18N2. The van der Waals surface area contributed by atoms with Gasteiger partial charge in [0.15, 0.2) is 0 Å². The summed E-state index contributed by atoms with van der Waals surface area (Å²) in [6.45, 7) is 7.21. The number of likely N-dealkylation sites (N-methyl/N-ethyl adjacent to an activating group) is 1. The number of nitrogens with zero attached hydrogens (tertiary/aromatic N) is 2. The summed E-state index contributed by atoms with van der Waals surface area (Å²) in [7, 11) is 2.25. The van der Waals surface area contributed by atoms with Gasteiger partial charge < -0.3 is 4.90 Å². The molecule has 2 heterocycles. The van der Waals surface area contributed by atoms with Crippen molar-refractivity contribution in [2.45, 2.75) is 38.4 Å². The number of piperazine rings is 1. The van der Waals surface area contributed by atoms with Crippen molar-refractivity contribution in [2.24, 2.45) is 0 Å². The lowest BCUT2D eigenvalue weighted by atomic mass is 10.2. The average molecular weight is 154 g/mol. The zero-order valence-corrected chi connectivity index (χ0v) is 7.75. The first-order chi connectivity index (χ1) is 5.18. The zero-order valence-electron chi connectivity index (χ0n) is 7.75. The van der Waals surface area contributed by atoms with Gasteiger partial charge >= 0.3 is 0 Å². The molecule has 2 aliphatic heterocycles. The van der Waals surface area contributed by atoms with Crippen molar-refractivity contribution < 1.29 is 0 Å². The van der Waals surface area contributed by atoms with Crippen molar-refractivity contribution in [2.75, 3.05) is 20.1 Å². The van der Waals surface area contributed by atoms with Gasteiger partial charge in [-0.2, -0.15) is 0 Å². The molecule has 11 heavy (non-hydrogen) atoms. The first-order valence-corrected chi connectivity index (χ1v) is 4.64. The van der Waals surface area contributed by atoms with Crippen LogP contribution in [0.4, 0.5) is 0 Å². The Kier molecular flexibility index (Phi) is 1.69. The number of likely N-dealkylation sites (tertiary alicyclic amines) is 2. The summed E-state index contributed by atoms with van der Waals surface area (Å²) < 4.78 is 0. The minimum Gasteiger partial charge on any atom is -0.301 e. The van der Waals surface area contributed by atoms with Gasteiger partial charge in [0.2, 0.25) is 0 Å². The number of fused-ring (bicyclic) bond motifs is 2. The summed E-state index contributed by atoms with van der Waals surface area (Å²) in [6, 6.07) is 2.48. The third kappa shape index (κ3) is 1.09. The molecular weight excluding hydrogens is 136 g/mol.